The van der Waals surface area contributed by atoms with Gasteiger partial charge in [-0.3, -0.25) is 4.68 Å². The number of benzene rings is 3. The van der Waals surface area contributed by atoms with Crippen LogP contribution >= 0.6 is 0 Å². The Morgan fingerprint density at radius 1 is 0.792 bits per heavy atom. The van der Waals surface area contributed by atoms with Crippen LogP contribution in [0.2, 0.25) is 0 Å². The van der Waals surface area contributed by atoms with Gasteiger partial charge < -0.3 is 0 Å². The lowest BCUT2D eigenvalue weighted by Crippen LogP contribution is -2.04. The molecule has 0 bridgehead atoms. The summed E-state index contributed by atoms with van der Waals surface area (Å²) in [5, 5.41) is 6.06. The smallest absolute Gasteiger partial charge is 0.0930 e. The van der Waals surface area contributed by atoms with Crippen molar-refractivity contribution in [2.45, 2.75) is 20.4 Å². The second-order valence-electron chi connectivity index (χ2n) is 6.38. The molecule has 24 heavy (non-hydrogen) atoms. The standard InChI is InChI=1S/C22H20N2/c1-16-10-12-19(13-11-16)22-20-8-3-4-9-21(20)23-24(22)15-18-7-5-6-17(2)14-18/h3-14H,15H2,1-2H3. The molecule has 2 heteroatoms. The third-order valence-electron chi connectivity index (χ3n) is 4.39. The van der Waals surface area contributed by atoms with Crippen LogP contribution in [0.4, 0.5) is 0 Å². The molecular formula is C22H20N2. The van der Waals surface area contributed by atoms with Gasteiger partial charge in [0, 0.05) is 10.9 Å². The van der Waals surface area contributed by atoms with E-state index in [2.05, 4.69) is 85.3 Å². The Bertz CT molecular complexity index is 994. The minimum absolute atomic E-state index is 0.777. The number of hydrogen-bond acceptors (Lipinski definition) is 1. The van der Waals surface area contributed by atoms with Crippen LogP contribution in [0.25, 0.3) is 22.2 Å². The van der Waals surface area contributed by atoms with Gasteiger partial charge in [0.05, 0.1) is 17.8 Å². The first-order valence-electron chi connectivity index (χ1n) is 8.29. The van der Waals surface area contributed by atoms with E-state index in [-0.39, 0.29) is 0 Å². The molecule has 1 heterocycles. The first-order valence-corrected chi connectivity index (χ1v) is 8.29. The van der Waals surface area contributed by atoms with E-state index >= 15 is 0 Å². The lowest BCUT2D eigenvalue weighted by atomic mass is 10.1. The molecule has 0 fully saturated rings. The number of aryl methyl sites for hydroxylation is 2. The molecule has 0 saturated carbocycles. The molecule has 0 unspecified atom stereocenters. The zero-order chi connectivity index (χ0) is 16.5. The zero-order valence-corrected chi connectivity index (χ0v) is 14.0. The summed E-state index contributed by atoms with van der Waals surface area (Å²) in [6, 6.07) is 25.7. The minimum atomic E-state index is 0.777. The molecule has 0 radical (unpaired) electrons. The van der Waals surface area contributed by atoms with Gasteiger partial charge in [-0.2, -0.15) is 5.10 Å². The second-order valence-corrected chi connectivity index (χ2v) is 6.38. The van der Waals surface area contributed by atoms with Crippen molar-refractivity contribution < 1.29 is 0 Å². The van der Waals surface area contributed by atoms with Gasteiger partial charge in [0.25, 0.3) is 0 Å². The van der Waals surface area contributed by atoms with Gasteiger partial charge in [0.1, 0.15) is 0 Å². The molecule has 0 spiro atoms. The molecule has 2 nitrogen and oxygen atoms in total. The quantitative estimate of drug-likeness (QED) is 0.497. The van der Waals surface area contributed by atoms with Crippen molar-refractivity contribution in [3.8, 4) is 11.3 Å². The number of hydrogen-bond donors (Lipinski definition) is 0. The summed E-state index contributed by atoms with van der Waals surface area (Å²) in [6.45, 7) is 5.02. The van der Waals surface area contributed by atoms with Crippen molar-refractivity contribution >= 4 is 10.9 Å². The molecule has 118 valence electrons. The van der Waals surface area contributed by atoms with Crippen molar-refractivity contribution in [2.75, 3.05) is 0 Å². The number of aromatic nitrogens is 2. The van der Waals surface area contributed by atoms with E-state index in [0.717, 1.165) is 12.1 Å². The molecule has 1 aromatic heterocycles. The summed E-state index contributed by atoms with van der Waals surface area (Å²) in [6.07, 6.45) is 0. The molecule has 4 aromatic rings. The fraction of sp³-hybridized carbons (Fsp3) is 0.136. The monoisotopic (exact) mass is 312 g/mol. The topological polar surface area (TPSA) is 17.8 Å². The van der Waals surface area contributed by atoms with Crippen LogP contribution in [-0.2, 0) is 6.54 Å². The van der Waals surface area contributed by atoms with Crippen LogP contribution in [0.3, 0.4) is 0 Å². The summed E-state index contributed by atoms with van der Waals surface area (Å²) in [7, 11) is 0. The van der Waals surface area contributed by atoms with Crippen LogP contribution < -0.4 is 0 Å². The van der Waals surface area contributed by atoms with Gasteiger partial charge in [-0.25, -0.2) is 0 Å². The molecule has 0 N–H and O–H groups in total. The van der Waals surface area contributed by atoms with E-state index in [1.165, 1.54) is 33.3 Å². The first-order chi connectivity index (χ1) is 11.7. The summed E-state index contributed by atoms with van der Waals surface area (Å²) in [5.41, 5.74) is 7.26. The Kier molecular flexibility index (Phi) is 3.66. The Morgan fingerprint density at radius 2 is 1.58 bits per heavy atom. The van der Waals surface area contributed by atoms with E-state index < -0.39 is 0 Å². The van der Waals surface area contributed by atoms with Gasteiger partial charge in [-0.1, -0.05) is 77.9 Å². The molecule has 0 saturated heterocycles. The fourth-order valence-corrected chi connectivity index (χ4v) is 3.19. The number of nitrogens with zero attached hydrogens (tertiary/aromatic N) is 2. The highest BCUT2D eigenvalue weighted by Gasteiger charge is 2.13. The Balaban J connectivity index is 1.88. The van der Waals surface area contributed by atoms with Gasteiger partial charge in [-0.15, -0.1) is 0 Å². The average molecular weight is 312 g/mol. The maximum absolute atomic E-state index is 4.85. The normalized spacial score (nSPS) is 11.1. The van der Waals surface area contributed by atoms with Crippen LogP contribution in [-0.4, -0.2) is 9.78 Å². The molecule has 0 aliphatic carbocycles. The summed E-state index contributed by atoms with van der Waals surface area (Å²) < 4.78 is 2.13. The van der Waals surface area contributed by atoms with Crippen LogP contribution in [0.15, 0.2) is 72.8 Å². The van der Waals surface area contributed by atoms with Gasteiger partial charge in [0.15, 0.2) is 0 Å². The molecule has 0 aliphatic rings. The second kappa shape index (κ2) is 5.97. The van der Waals surface area contributed by atoms with Crippen molar-refractivity contribution in [1.82, 2.24) is 9.78 Å². The number of fused-ring (bicyclic) bond motifs is 1. The summed E-state index contributed by atoms with van der Waals surface area (Å²) in [5.74, 6) is 0. The lowest BCUT2D eigenvalue weighted by Gasteiger charge is -2.09. The van der Waals surface area contributed by atoms with E-state index in [0.29, 0.717) is 0 Å². The molecular weight excluding hydrogens is 292 g/mol. The maximum Gasteiger partial charge on any atom is 0.0930 e. The highest BCUT2D eigenvalue weighted by molar-refractivity contribution is 5.93. The molecule has 0 amide bonds. The van der Waals surface area contributed by atoms with Crippen LogP contribution in [0.5, 0.6) is 0 Å². The molecule has 3 aromatic carbocycles. The molecule has 0 atom stereocenters. The largest absolute Gasteiger partial charge is 0.259 e. The predicted octanol–water partition coefficient (Wildman–Crippen LogP) is 5.37. The third-order valence-corrected chi connectivity index (χ3v) is 4.39. The predicted molar refractivity (Wildman–Crippen MR) is 100 cm³/mol. The average Bonchev–Trinajstić information content (AvgIpc) is 2.93. The fourth-order valence-electron chi connectivity index (χ4n) is 3.19. The van der Waals surface area contributed by atoms with Crippen molar-refractivity contribution in [2.24, 2.45) is 0 Å². The van der Waals surface area contributed by atoms with E-state index in [1.54, 1.807) is 0 Å². The van der Waals surface area contributed by atoms with Gasteiger partial charge in [0.2, 0.25) is 0 Å². The molecule has 0 aliphatic heterocycles. The Hall–Kier alpha value is -2.87. The zero-order valence-electron chi connectivity index (χ0n) is 14.0. The van der Waals surface area contributed by atoms with Crippen molar-refractivity contribution in [1.29, 1.82) is 0 Å². The van der Waals surface area contributed by atoms with Crippen LogP contribution in [0.1, 0.15) is 16.7 Å². The number of rotatable bonds is 3. The van der Waals surface area contributed by atoms with Crippen LogP contribution in [0, 0.1) is 13.8 Å². The summed E-state index contributed by atoms with van der Waals surface area (Å²) in [4.78, 5) is 0. The van der Waals surface area contributed by atoms with Gasteiger partial charge >= 0.3 is 0 Å². The lowest BCUT2D eigenvalue weighted by molar-refractivity contribution is 0.703. The summed E-state index contributed by atoms with van der Waals surface area (Å²) >= 11 is 0. The third kappa shape index (κ3) is 2.71. The Morgan fingerprint density at radius 3 is 2.38 bits per heavy atom. The first kappa shape index (κ1) is 14.7. The van der Waals surface area contributed by atoms with E-state index in [4.69, 9.17) is 5.10 Å². The molecule has 4 rings (SSSR count). The van der Waals surface area contributed by atoms with E-state index in [9.17, 15) is 0 Å². The maximum atomic E-state index is 4.85. The highest BCUT2D eigenvalue weighted by Crippen LogP contribution is 2.29. The van der Waals surface area contributed by atoms with Crippen molar-refractivity contribution in [3.63, 3.8) is 0 Å². The van der Waals surface area contributed by atoms with E-state index in [1.807, 2.05) is 6.07 Å². The van der Waals surface area contributed by atoms with Gasteiger partial charge in [-0.05, 0) is 25.5 Å². The van der Waals surface area contributed by atoms with Crippen molar-refractivity contribution in [3.05, 3.63) is 89.5 Å². The highest BCUT2D eigenvalue weighted by atomic mass is 15.3. The SMILES string of the molecule is Cc1ccc(-c2c3ccccc3nn2Cc2cccc(C)c2)cc1. The minimum Gasteiger partial charge on any atom is -0.259 e. The Labute approximate surface area is 142 Å².